The zero-order valence-corrected chi connectivity index (χ0v) is 16.7. The molecule has 0 saturated carbocycles. The maximum Gasteiger partial charge on any atom is 0.153 e. The molecule has 0 aliphatic rings. The van der Waals surface area contributed by atoms with Crippen LogP contribution >= 0.6 is 11.9 Å². The monoisotopic (exact) mass is 378 g/mol. The van der Waals surface area contributed by atoms with Crippen LogP contribution in [-0.4, -0.2) is 24.5 Å². The summed E-state index contributed by atoms with van der Waals surface area (Å²) in [7, 11) is 1.95. The molecule has 0 atom stereocenters. The summed E-state index contributed by atoms with van der Waals surface area (Å²) in [5, 5.41) is 9.91. The molecular formula is C20H22N6S. The molecule has 0 spiro atoms. The van der Waals surface area contributed by atoms with Crippen LogP contribution in [-0.2, 0) is 12.5 Å². The Morgan fingerprint density at radius 2 is 1.93 bits per heavy atom. The summed E-state index contributed by atoms with van der Waals surface area (Å²) in [6.07, 6.45) is 7.53. The molecular weight excluding hydrogens is 356 g/mol. The van der Waals surface area contributed by atoms with Gasteiger partial charge in [-0.05, 0) is 41.1 Å². The molecule has 0 aliphatic carbocycles. The van der Waals surface area contributed by atoms with E-state index in [1.54, 1.807) is 0 Å². The van der Waals surface area contributed by atoms with Crippen LogP contribution in [0.5, 0.6) is 0 Å². The Hall–Kier alpha value is -2.80. The first-order chi connectivity index (χ1) is 12.9. The quantitative estimate of drug-likeness (QED) is 0.527. The van der Waals surface area contributed by atoms with E-state index in [2.05, 4.69) is 64.9 Å². The van der Waals surface area contributed by atoms with Gasteiger partial charge in [-0.25, -0.2) is 9.67 Å². The van der Waals surface area contributed by atoms with Crippen LogP contribution in [0.15, 0.2) is 60.0 Å². The molecule has 3 aromatic heterocycles. The molecule has 3 heterocycles. The summed E-state index contributed by atoms with van der Waals surface area (Å²) in [6.45, 7) is 6.58. The van der Waals surface area contributed by atoms with Gasteiger partial charge in [-0.1, -0.05) is 32.9 Å². The Kier molecular flexibility index (Phi) is 4.39. The van der Waals surface area contributed by atoms with Gasteiger partial charge in [-0.3, -0.25) is 4.68 Å². The smallest absolute Gasteiger partial charge is 0.153 e. The van der Waals surface area contributed by atoms with Gasteiger partial charge in [0, 0.05) is 24.8 Å². The van der Waals surface area contributed by atoms with E-state index < -0.39 is 0 Å². The van der Waals surface area contributed by atoms with E-state index in [4.69, 9.17) is 0 Å². The van der Waals surface area contributed by atoms with Gasteiger partial charge in [0.05, 0.1) is 28.5 Å². The first kappa shape index (κ1) is 17.6. The molecule has 0 bridgehead atoms. The maximum absolute atomic E-state index is 4.47. The van der Waals surface area contributed by atoms with Gasteiger partial charge in [0.1, 0.15) is 0 Å². The fourth-order valence-electron chi connectivity index (χ4n) is 2.92. The normalized spacial score (nSPS) is 11.9. The number of rotatable bonds is 4. The second-order valence-electron chi connectivity index (χ2n) is 7.49. The Morgan fingerprint density at radius 3 is 2.74 bits per heavy atom. The number of hydrogen-bond donors (Lipinski definition) is 1. The summed E-state index contributed by atoms with van der Waals surface area (Å²) in [5.41, 5.74) is 3.42. The summed E-state index contributed by atoms with van der Waals surface area (Å²) >= 11 is 1.52. The number of hydrogen-bond acceptors (Lipinski definition) is 5. The van der Waals surface area contributed by atoms with E-state index in [9.17, 15) is 0 Å². The molecule has 4 rings (SSSR count). The molecule has 27 heavy (non-hydrogen) atoms. The Bertz CT molecular complexity index is 1090. The van der Waals surface area contributed by atoms with Crippen molar-refractivity contribution < 1.29 is 0 Å². The summed E-state index contributed by atoms with van der Waals surface area (Å²) in [6, 6.07) is 10.3. The zero-order valence-electron chi connectivity index (χ0n) is 15.8. The highest BCUT2D eigenvalue weighted by atomic mass is 32.2. The number of fused-ring (bicyclic) bond motifs is 1. The molecule has 1 N–H and O–H groups in total. The standard InChI is InChI=1S/C20H22N6S/c1-20(2,3)15-8-9-21-18(10-15)26-13-16(12-23-26)27-24-17-7-5-6-14-11-22-25(4)19(14)17/h5-13,24H,1-4H3. The van der Waals surface area contributed by atoms with Crippen molar-refractivity contribution in [2.75, 3.05) is 4.72 Å². The zero-order chi connectivity index (χ0) is 19.0. The lowest BCUT2D eigenvalue weighted by Crippen LogP contribution is -2.12. The van der Waals surface area contributed by atoms with Gasteiger partial charge in [0.15, 0.2) is 5.82 Å². The van der Waals surface area contributed by atoms with Crippen molar-refractivity contribution in [2.24, 2.45) is 7.05 Å². The number of nitrogens with zero attached hydrogens (tertiary/aromatic N) is 5. The minimum absolute atomic E-state index is 0.0752. The first-order valence-corrected chi connectivity index (χ1v) is 9.58. The van der Waals surface area contributed by atoms with Crippen molar-refractivity contribution >= 4 is 28.5 Å². The van der Waals surface area contributed by atoms with Crippen LogP contribution in [0.2, 0.25) is 0 Å². The number of aryl methyl sites for hydroxylation is 1. The third-order valence-electron chi connectivity index (χ3n) is 4.44. The summed E-state index contributed by atoms with van der Waals surface area (Å²) < 4.78 is 7.10. The average molecular weight is 379 g/mol. The average Bonchev–Trinajstić information content (AvgIpc) is 3.27. The topological polar surface area (TPSA) is 60.6 Å². The fraction of sp³-hybridized carbons (Fsp3) is 0.250. The molecule has 6 nitrogen and oxygen atoms in total. The van der Waals surface area contributed by atoms with Crippen LogP contribution in [0.4, 0.5) is 5.69 Å². The molecule has 1 aromatic carbocycles. The number of nitrogens with one attached hydrogen (secondary N) is 1. The lowest BCUT2D eigenvalue weighted by molar-refractivity contribution is 0.588. The molecule has 138 valence electrons. The lowest BCUT2D eigenvalue weighted by Gasteiger charge is -2.19. The highest BCUT2D eigenvalue weighted by Gasteiger charge is 2.15. The van der Waals surface area contributed by atoms with Crippen LogP contribution < -0.4 is 4.72 Å². The third kappa shape index (κ3) is 3.55. The van der Waals surface area contributed by atoms with Crippen LogP contribution in [0, 0.1) is 0 Å². The highest BCUT2D eigenvalue weighted by Crippen LogP contribution is 2.28. The Balaban J connectivity index is 1.54. The summed E-state index contributed by atoms with van der Waals surface area (Å²) in [4.78, 5) is 5.47. The molecule has 0 radical (unpaired) electrons. The number of anilines is 1. The van der Waals surface area contributed by atoms with Crippen LogP contribution in [0.25, 0.3) is 16.7 Å². The van der Waals surface area contributed by atoms with Gasteiger partial charge in [0.2, 0.25) is 0 Å². The van der Waals surface area contributed by atoms with Crippen LogP contribution in [0.3, 0.4) is 0 Å². The van der Waals surface area contributed by atoms with Crippen LogP contribution in [0.1, 0.15) is 26.3 Å². The number of aromatic nitrogens is 5. The first-order valence-electron chi connectivity index (χ1n) is 8.77. The SMILES string of the molecule is Cn1ncc2cccc(NSc3cnn(-c4cc(C(C)(C)C)ccn4)c3)c21. The van der Waals surface area contributed by atoms with E-state index in [0.717, 1.165) is 27.3 Å². The van der Waals surface area contributed by atoms with Gasteiger partial charge in [0.25, 0.3) is 0 Å². The van der Waals surface area contributed by atoms with Gasteiger partial charge in [-0.2, -0.15) is 10.2 Å². The number of para-hydroxylation sites is 1. The van der Waals surface area contributed by atoms with Crippen molar-refractivity contribution in [3.63, 3.8) is 0 Å². The minimum atomic E-state index is 0.0752. The molecule has 0 fully saturated rings. The number of pyridine rings is 1. The predicted octanol–water partition coefficient (Wildman–Crippen LogP) is 4.57. The summed E-state index contributed by atoms with van der Waals surface area (Å²) in [5.74, 6) is 0.822. The molecule has 0 amide bonds. The van der Waals surface area contributed by atoms with Gasteiger partial charge in [-0.15, -0.1) is 0 Å². The largest absolute Gasteiger partial charge is 0.324 e. The molecule has 0 aliphatic heterocycles. The third-order valence-corrected chi connectivity index (χ3v) is 5.21. The van der Waals surface area contributed by atoms with Crippen molar-refractivity contribution in [3.8, 4) is 5.82 Å². The van der Waals surface area contributed by atoms with Crippen molar-refractivity contribution in [2.45, 2.75) is 31.1 Å². The van der Waals surface area contributed by atoms with E-state index in [1.165, 1.54) is 17.5 Å². The molecule has 4 aromatic rings. The van der Waals surface area contributed by atoms with Crippen molar-refractivity contribution in [1.82, 2.24) is 24.5 Å². The fourth-order valence-corrected chi connectivity index (χ4v) is 3.57. The lowest BCUT2D eigenvalue weighted by atomic mass is 9.88. The van der Waals surface area contributed by atoms with Gasteiger partial charge < -0.3 is 4.72 Å². The predicted molar refractivity (Wildman–Crippen MR) is 110 cm³/mol. The van der Waals surface area contributed by atoms with Crippen molar-refractivity contribution in [3.05, 3.63) is 60.7 Å². The second-order valence-corrected chi connectivity index (χ2v) is 8.37. The van der Waals surface area contributed by atoms with Crippen molar-refractivity contribution in [1.29, 1.82) is 0 Å². The highest BCUT2D eigenvalue weighted by molar-refractivity contribution is 8.00. The maximum atomic E-state index is 4.47. The van der Waals surface area contributed by atoms with Gasteiger partial charge >= 0.3 is 0 Å². The second kappa shape index (κ2) is 6.74. The van der Waals surface area contributed by atoms with E-state index >= 15 is 0 Å². The minimum Gasteiger partial charge on any atom is -0.324 e. The number of benzene rings is 1. The molecule has 0 unspecified atom stereocenters. The van der Waals surface area contributed by atoms with E-state index in [0.29, 0.717) is 0 Å². The molecule has 7 heteroatoms. The molecule has 0 saturated heterocycles. The van der Waals surface area contributed by atoms with E-state index in [1.807, 2.05) is 47.3 Å². The Labute approximate surface area is 162 Å². The Morgan fingerprint density at radius 1 is 1.07 bits per heavy atom. The van der Waals surface area contributed by atoms with E-state index in [-0.39, 0.29) is 5.41 Å².